The molecule has 11 heteroatoms. The van der Waals surface area contributed by atoms with Crippen molar-refractivity contribution in [1.82, 2.24) is 20.6 Å². The predicted molar refractivity (Wildman–Crippen MR) is 101 cm³/mol. The summed E-state index contributed by atoms with van der Waals surface area (Å²) < 4.78 is 0. The Bertz CT molecular complexity index is 688. The smallest absolute Gasteiger partial charge is 0.315 e. The summed E-state index contributed by atoms with van der Waals surface area (Å²) in [6.45, 7) is 2.77. The summed E-state index contributed by atoms with van der Waals surface area (Å²) in [6.07, 6.45) is 0. The van der Waals surface area contributed by atoms with Gasteiger partial charge >= 0.3 is 6.03 Å². The maximum absolute atomic E-state index is 11.4. The van der Waals surface area contributed by atoms with Gasteiger partial charge in [0.25, 0.3) is 0 Å². The summed E-state index contributed by atoms with van der Waals surface area (Å²) in [5.41, 5.74) is 12.8. The van der Waals surface area contributed by atoms with Crippen molar-refractivity contribution in [3.05, 3.63) is 29.3 Å². The zero-order chi connectivity index (χ0) is 15.9. The molecule has 0 bridgehead atoms. The number of nitrogens with zero attached hydrogens (tertiary/aromatic N) is 3. The number of carbonyl (C=O) groups excluding carboxylic acids is 1. The molecule has 6 N–H and O–H groups in total. The van der Waals surface area contributed by atoms with Crippen LogP contribution in [0.2, 0.25) is 0 Å². The van der Waals surface area contributed by atoms with E-state index in [1.165, 1.54) is 11.3 Å². The van der Waals surface area contributed by atoms with Gasteiger partial charge in [-0.1, -0.05) is 6.07 Å². The molecule has 24 heavy (non-hydrogen) atoms. The van der Waals surface area contributed by atoms with Gasteiger partial charge in [0.1, 0.15) is 5.69 Å². The Kier molecular flexibility index (Phi) is 9.70. The average molecular weight is 392 g/mol. The number of pyridine rings is 1. The molecule has 2 heterocycles. The summed E-state index contributed by atoms with van der Waals surface area (Å²) in [5, 5.41) is 7.68. The van der Waals surface area contributed by atoms with E-state index in [1.807, 2.05) is 30.5 Å². The van der Waals surface area contributed by atoms with Crippen LogP contribution < -0.4 is 22.1 Å². The molecular weight excluding hydrogens is 373 g/mol. The van der Waals surface area contributed by atoms with Gasteiger partial charge in [0.05, 0.1) is 17.9 Å². The Morgan fingerprint density at radius 2 is 1.96 bits per heavy atom. The van der Waals surface area contributed by atoms with Crippen molar-refractivity contribution in [3.63, 3.8) is 0 Å². The number of hydrogen-bond donors (Lipinski definition) is 4. The van der Waals surface area contributed by atoms with Gasteiger partial charge < -0.3 is 22.1 Å². The highest BCUT2D eigenvalue weighted by Gasteiger charge is 2.07. The van der Waals surface area contributed by atoms with Crippen molar-refractivity contribution in [2.45, 2.75) is 13.5 Å². The topological polar surface area (TPSA) is 131 Å². The van der Waals surface area contributed by atoms with E-state index in [4.69, 9.17) is 11.5 Å². The molecule has 2 rings (SSSR count). The van der Waals surface area contributed by atoms with Gasteiger partial charge in [-0.3, -0.25) is 0 Å². The highest BCUT2D eigenvalue weighted by atomic mass is 35.5. The molecule has 0 saturated heterocycles. The molecule has 0 aromatic carbocycles. The third kappa shape index (κ3) is 6.57. The van der Waals surface area contributed by atoms with Crippen molar-refractivity contribution in [2.75, 3.05) is 6.54 Å². The van der Waals surface area contributed by atoms with Crippen LogP contribution in [0.1, 0.15) is 12.6 Å². The van der Waals surface area contributed by atoms with Gasteiger partial charge in [0.15, 0.2) is 5.96 Å². The number of aliphatic imine (C=N–C) groups is 1. The molecule has 2 aromatic heterocycles. The fraction of sp³-hybridized carbons (Fsp3) is 0.231. The van der Waals surface area contributed by atoms with Gasteiger partial charge in [0, 0.05) is 11.9 Å². The summed E-state index contributed by atoms with van der Waals surface area (Å²) >= 11 is 1.33. The van der Waals surface area contributed by atoms with Crippen LogP contribution in [0.5, 0.6) is 0 Å². The highest BCUT2D eigenvalue weighted by Crippen LogP contribution is 2.25. The van der Waals surface area contributed by atoms with Crippen LogP contribution in [0.3, 0.4) is 0 Å². The number of nitrogens with two attached hydrogens (primary N) is 2. The number of hydrogen-bond acceptors (Lipinski definition) is 5. The third-order valence-corrected chi connectivity index (χ3v) is 3.29. The number of carbonyl (C=O) groups is 1. The Morgan fingerprint density at radius 3 is 2.62 bits per heavy atom. The molecule has 2 amide bonds. The van der Waals surface area contributed by atoms with Gasteiger partial charge in [-0.05, 0) is 19.1 Å². The average Bonchev–Trinajstić information content (AvgIpc) is 2.93. The number of thiazole rings is 1. The summed E-state index contributed by atoms with van der Waals surface area (Å²) in [6, 6.07) is 5.30. The van der Waals surface area contributed by atoms with E-state index in [9.17, 15) is 4.79 Å². The van der Waals surface area contributed by atoms with E-state index < -0.39 is 0 Å². The molecule has 0 unspecified atom stereocenters. The van der Waals surface area contributed by atoms with Gasteiger partial charge in [0.2, 0.25) is 5.13 Å². The van der Waals surface area contributed by atoms with E-state index in [0.717, 1.165) is 5.69 Å². The first-order chi connectivity index (χ1) is 10.6. The molecule has 0 aliphatic rings. The molecule has 0 aliphatic heterocycles. The van der Waals surface area contributed by atoms with Crippen LogP contribution in [0.4, 0.5) is 9.93 Å². The molecule has 132 valence electrons. The van der Waals surface area contributed by atoms with Crippen molar-refractivity contribution < 1.29 is 4.79 Å². The monoisotopic (exact) mass is 391 g/mol. The molecule has 0 radical (unpaired) electrons. The van der Waals surface area contributed by atoms with Crippen LogP contribution in [0.15, 0.2) is 28.6 Å². The van der Waals surface area contributed by atoms with Crippen LogP contribution in [0, 0.1) is 0 Å². The first-order valence-corrected chi connectivity index (χ1v) is 7.49. The maximum Gasteiger partial charge on any atom is 0.315 e. The minimum Gasteiger partial charge on any atom is -0.370 e. The van der Waals surface area contributed by atoms with Gasteiger partial charge in [-0.15, -0.1) is 36.2 Å². The van der Waals surface area contributed by atoms with Crippen LogP contribution in [0.25, 0.3) is 11.4 Å². The van der Waals surface area contributed by atoms with Gasteiger partial charge in [-0.2, -0.15) is 4.99 Å². The zero-order valence-corrected chi connectivity index (χ0v) is 15.3. The third-order valence-electron chi connectivity index (χ3n) is 2.55. The molecule has 0 aliphatic carbocycles. The molecule has 0 saturated carbocycles. The van der Waals surface area contributed by atoms with E-state index in [-0.39, 0.29) is 36.8 Å². The minimum atomic E-state index is -0.224. The van der Waals surface area contributed by atoms with Crippen LogP contribution in [-0.4, -0.2) is 28.5 Å². The van der Waals surface area contributed by atoms with E-state index >= 15 is 0 Å². The lowest BCUT2D eigenvalue weighted by Crippen LogP contribution is -2.34. The SMILES string of the molecule is CCNC(=O)NCc1cccc(-c2csc(N=C(N)N)n2)n1.Cl.Cl. The quantitative estimate of drug-likeness (QED) is 0.455. The van der Waals surface area contributed by atoms with Crippen LogP contribution in [-0.2, 0) is 6.54 Å². The number of guanidine groups is 1. The first kappa shape index (κ1) is 21.9. The normalized spacial score (nSPS) is 9.21. The molecule has 0 atom stereocenters. The van der Waals surface area contributed by atoms with E-state index in [0.29, 0.717) is 29.6 Å². The lowest BCUT2D eigenvalue weighted by Gasteiger charge is -2.06. The van der Waals surface area contributed by atoms with Crippen molar-refractivity contribution in [3.8, 4) is 11.4 Å². The Balaban J connectivity index is 0.00000264. The largest absolute Gasteiger partial charge is 0.370 e. The molecule has 8 nitrogen and oxygen atoms in total. The minimum absolute atomic E-state index is 0. The standard InChI is InChI=1S/C13H17N7OS.2ClH/c1-2-16-12(21)17-6-8-4-3-5-9(18-8)10-7-22-13(19-10)20-11(14)15;;/h3-5,7H,2,6H2,1H3,(H2,16,17,21)(H4,14,15,19,20);2*1H. The number of urea groups is 1. The van der Waals surface area contributed by atoms with Gasteiger partial charge in [-0.25, -0.2) is 14.8 Å². The van der Waals surface area contributed by atoms with Crippen LogP contribution >= 0.6 is 36.2 Å². The summed E-state index contributed by atoms with van der Waals surface area (Å²) in [7, 11) is 0. The molecular formula is C13H19Cl2N7OS. The lowest BCUT2D eigenvalue weighted by molar-refractivity contribution is 0.241. The molecule has 0 fully saturated rings. The Morgan fingerprint density at radius 1 is 1.21 bits per heavy atom. The second-order valence-electron chi connectivity index (χ2n) is 4.28. The number of amides is 2. The second-order valence-corrected chi connectivity index (χ2v) is 5.12. The number of aromatic nitrogens is 2. The van der Waals surface area contributed by atoms with E-state index in [1.54, 1.807) is 0 Å². The predicted octanol–water partition coefficient (Wildman–Crippen LogP) is 1.77. The Labute approximate surface area is 156 Å². The number of rotatable bonds is 5. The Hall–Kier alpha value is -2.10. The zero-order valence-electron chi connectivity index (χ0n) is 12.9. The van der Waals surface area contributed by atoms with Crippen molar-refractivity contribution in [2.24, 2.45) is 16.5 Å². The summed E-state index contributed by atoms with van der Waals surface area (Å²) in [4.78, 5) is 24.0. The highest BCUT2D eigenvalue weighted by molar-refractivity contribution is 7.13. The fourth-order valence-corrected chi connectivity index (χ4v) is 2.36. The first-order valence-electron chi connectivity index (χ1n) is 6.61. The maximum atomic E-state index is 11.4. The van der Waals surface area contributed by atoms with Crippen molar-refractivity contribution in [1.29, 1.82) is 0 Å². The summed E-state index contributed by atoms with van der Waals surface area (Å²) in [5.74, 6) is -0.0336. The fourth-order valence-electron chi connectivity index (χ4n) is 1.66. The number of halogens is 2. The lowest BCUT2D eigenvalue weighted by atomic mass is 10.2. The second kappa shape index (κ2) is 10.6. The van der Waals surface area contributed by atoms with E-state index in [2.05, 4.69) is 25.6 Å². The molecule has 2 aromatic rings. The number of nitrogens with one attached hydrogen (secondary N) is 2. The molecule has 0 spiro atoms. The van der Waals surface area contributed by atoms with Crippen molar-refractivity contribution >= 4 is 53.3 Å².